The monoisotopic (exact) mass is 399 g/mol. The molecule has 1 aromatic carbocycles. The fraction of sp³-hybridized carbons (Fsp3) is 0.250. The molecule has 1 amide bonds. The van der Waals surface area contributed by atoms with Crippen molar-refractivity contribution in [2.45, 2.75) is 23.8 Å². The zero-order chi connectivity index (χ0) is 18.2. The van der Waals surface area contributed by atoms with Gasteiger partial charge in [0.25, 0.3) is 5.91 Å². The van der Waals surface area contributed by atoms with Crippen molar-refractivity contribution in [3.63, 3.8) is 0 Å². The Morgan fingerprint density at radius 3 is 2.60 bits per heavy atom. The van der Waals surface area contributed by atoms with Crippen molar-refractivity contribution in [1.82, 2.24) is 15.3 Å². The summed E-state index contributed by atoms with van der Waals surface area (Å²) in [4.78, 5) is 30.9. The van der Waals surface area contributed by atoms with Crippen molar-refractivity contribution < 1.29 is 14.7 Å². The third-order valence-corrected chi connectivity index (χ3v) is 4.53. The van der Waals surface area contributed by atoms with Crippen LogP contribution >= 0.6 is 35.0 Å². The summed E-state index contributed by atoms with van der Waals surface area (Å²) in [7, 11) is 0. The fourth-order valence-corrected chi connectivity index (χ4v) is 2.91. The van der Waals surface area contributed by atoms with Crippen molar-refractivity contribution in [1.29, 1.82) is 0 Å². The largest absolute Gasteiger partial charge is 0.481 e. The first-order valence-electron chi connectivity index (χ1n) is 7.35. The summed E-state index contributed by atoms with van der Waals surface area (Å²) >= 11 is 13.2. The molecular weight excluding hydrogens is 385 g/mol. The lowest BCUT2D eigenvalue weighted by molar-refractivity contribution is -0.137. The van der Waals surface area contributed by atoms with E-state index in [1.165, 1.54) is 18.0 Å². The average molecular weight is 400 g/mol. The van der Waals surface area contributed by atoms with Crippen LogP contribution in [0.4, 0.5) is 0 Å². The van der Waals surface area contributed by atoms with Crippen LogP contribution in [0.25, 0.3) is 0 Å². The number of carbonyl (C=O) groups excluding carboxylic acids is 1. The topological polar surface area (TPSA) is 92.2 Å². The van der Waals surface area contributed by atoms with Crippen LogP contribution in [0.2, 0.25) is 10.0 Å². The molecule has 1 aromatic heterocycles. The quantitative estimate of drug-likeness (QED) is 0.399. The number of benzene rings is 1. The molecule has 0 aliphatic heterocycles. The molecular formula is C16H15Cl2N3O3S. The number of halogens is 2. The highest BCUT2D eigenvalue weighted by molar-refractivity contribution is 7.98. The highest BCUT2D eigenvalue weighted by Gasteiger charge is 2.14. The zero-order valence-electron chi connectivity index (χ0n) is 13.0. The van der Waals surface area contributed by atoms with Crippen molar-refractivity contribution in [2.75, 3.05) is 6.54 Å². The standard InChI is InChI=1S/C16H15Cl2N3O3S/c17-11-5-3-10(4-6-11)9-25-16-20-8-12(18)14(21-16)15(24)19-7-1-2-13(22)23/h3-6,8H,1-2,7,9H2,(H,19,24)(H,22,23). The molecule has 0 aliphatic carbocycles. The van der Waals surface area contributed by atoms with Gasteiger partial charge in [0.15, 0.2) is 10.9 Å². The van der Waals surface area contributed by atoms with E-state index in [9.17, 15) is 9.59 Å². The molecule has 0 spiro atoms. The molecule has 1 heterocycles. The van der Waals surface area contributed by atoms with Crippen LogP contribution in [0.5, 0.6) is 0 Å². The molecule has 0 aliphatic rings. The Morgan fingerprint density at radius 2 is 1.92 bits per heavy atom. The lowest BCUT2D eigenvalue weighted by Gasteiger charge is -2.07. The molecule has 0 unspecified atom stereocenters. The van der Waals surface area contributed by atoms with E-state index in [1.807, 2.05) is 12.1 Å². The number of carboxylic acids is 1. The third-order valence-electron chi connectivity index (χ3n) is 3.07. The second-order valence-electron chi connectivity index (χ2n) is 5.02. The maximum atomic E-state index is 12.1. The van der Waals surface area contributed by atoms with Crippen molar-refractivity contribution in [3.05, 3.63) is 51.8 Å². The van der Waals surface area contributed by atoms with Gasteiger partial charge in [-0.15, -0.1) is 0 Å². The molecule has 9 heteroatoms. The van der Waals surface area contributed by atoms with Crippen molar-refractivity contribution in [3.8, 4) is 0 Å². The fourth-order valence-electron chi connectivity index (χ4n) is 1.83. The lowest BCUT2D eigenvalue weighted by atomic mass is 10.2. The molecule has 2 rings (SSSR count). The van der Waals surface area contributed by atoms with Crippen LogP contribution in [0, 0.1) is 0 Å². The smallest absolute Gasteiger partial charge is 0.303 e. The number of rotatable bonds is 8. The van der Waals surface area contributed by atoms with Crippen LogP contribution in [-0.4, -0.2) is 33.5 Å². The Hall–Kier alpha value is -1.83. The Balaban J connectivity index is 1.95. The van der Waals surface area contributed by atoms with Crippen molar-refractivity contribution >= 4 is 46.8 Å². The first-order valence-corrected chi connectivity index (χ1v) is 9.09. The molecule has 2 aromatic rings. The van der Waals surface area contributed by atoms with Gasteiger partial charge in [0.05, 0.1) is 11.2 Å². The van der Waals surface area contributed by atoms with E-state index >= 15 is 0 Å². The number of carboxylic acid groups (broad SMARTS) is 1. The van der Waals surface area contributed by atoms with E-state index in [-0.39, 0.29) is 23.7 Å². The highest BCUT2D eigenvalue weighted by atomic mass is 35.5. The normalized spacial score (nSPS) is 10.5. The molecule has 0 saturated heterocycles. The molecule has 0 bridgehead atoms. The van der Waals surface area contributed by atoms with E-state index in [0.717, 1.165) is 5.56 Å². The van der Waals surface area contributed by atoms with Gasteiger partial charge in [0, 0.05) is 23.7 Å². The van der Waals surface area contributed by atoms with Crippen molar-refractivity contribution in [2.24, 2.45) is 0 Å². The van der Waals surface area contributed by atoms with Gasteiger partial charge in [-0.1, -0.05) is 47.1 Å². The van der Waals surface area contributed by atoms with Gasteiger partial charge in [0.1, 0.15) is 0 Å². The second-order valence-corrected chi connectivity index (χ2v) is 6.80. The van der Waals surface area contributed by atoms with Gasteiger partial charge in [-0.3, -0.25) is 9.59 Å². The summed E-state index contributed by atoms with van der Waals surface area (Å²) in [6, 6.07) is 7.41. The summed E-state index contributed by atoms with van der Waals surface area (Å²) in [5.41, 5.74) is 1.12. The number of nitrogens with one attached hydrogen (secondary N) is 1. The maximum Gasteiger partial charge on any atom is 0.303 e. The van der Waals surface area contributed by atoms with E-state index in [1.54, 1.807) is 12.1 Å². The minimum Gasteiger partial charge on any atom is -0.481 e. The minimum absolute atomic E-state index is 0.0139. The van der Waals surface area contributed by atoms with E-state index < -0.39 is 11.9 Å². The lowest BCUT2D eigenvalue weighted by Crippen LogP contribution is -2.26. The van der Waals surface area contributed by atoms with E-state index in [4.69, 9.17) is 28.3 Å². The Labute approximate surface area is 159 Å². The molecule has 132 valence electrons. The van der Waals surface area contributed by atoms with Crippen LogP contribution in [0.3, 0.4) is 0 Å². The second kappa shape index (κ2) is 9.60. The molecule has 0 radical (unpaired) electrons. The Bertz CT molecular complexity index is 757. The molecule has 0 atom stereocenters. The molecule has 0 fully saturated rings. The van der Waals surface area contributed by atoms with Gasteiger partial charge >= 0.3 is 5.97 Å². The predicted molar refractivity (Wildman–Crippen MR) is 97.3 cm³/mol. The maximum absolute atomic E-state index is 12.1. The van der Waals surface area contributed by atoms with Gasteiger partial charge in [-0.2, -0.15) is 0 Å². The van der Waals surface area contributed by atoms with Crippen LogP contribution in [0.15, 0.2) is 35.6 Å². The Kier molecular flexibility index (Phi) is 7.49. The van der Waals surface area contributed by atoms with Crippen LogP contribution in [-0.2, 0) is 10.5 Å². The van der Waals surface area contributed by atoms with Gasteiger partial charge in [-0.05, 0) is 24.1 Å². The van der Waals surface area contributed by atoms with Gasteiger partial charge < -0.3 is 10.4 Å². The summed E-state index contributed by atoms with van der Waals surface area (Å²) in [5.74, 6) is -0.736. The van der Waals surface area contributed by atoms with E-state index in [0.29, 0.717) is 22.4 Å². The number of hydrogen-bond donors (Lipinski definition) is 2. The molecule has 0 saturated carbocycles. The number of amides is 1. The summed E-state index contributed by atoms with van der Waals surface area (Å²) in [5, 5.41) is 12.4. The third kappa shape index (κ3) is 6.53. The SMILES string of the molecule is O=C(O)CCCNC(=O)c1nc(SCc2ccc(Cl)cc2)ncc1Cl. The molecule has 25 heavy (non-hydrogen) atoms. The number of thioether (sulfide) groups is 1. The summed E-state index contributed by atoms with van der Waals surface area (Å²) in [6.45, 7) is 0.235. The Morgan fingerprint density at radius 1 is 1.20 bits per heavy atom. The number of nitrogens with zero attached hydrogens (tertiary/aromatic N) is 2. The van der Waals surface area contributed by atoms with Crippen LogP contribution < -0.4 is 5.32 Å². The number of aliphatic carboxylic acids is 1. The first kappa shape index (κ1) is 19.5. The minimum atomic E-state index is -0.907. The van der Waals surface area contributed by atoms with Crippen LogP contribution in [0.1, 0.15) is 28.9 Å². The predicted octanol–water partition coefficient (Wildman–Crippen LogP) is 3.67. The zero-order valence-corrected chi connectivity index (χ0v) is 15.4. The summed E-state index contributed by atoms with van der Waals surface area (Å²) < 4.78 is 0. The van der Waals surface area contributed by atoms with Gasteiger partial charge in [-0.25, -0.2) is 9.97 Å². The number of aromatic nitrogens is 2. The average Bonchev–Trinajstić information content (AvgIpc) is 2.59. The number of hydrogen-bond acceptors (Lipinski definition) is 5. The molecule has 6 nitrogen and oxygen atoms in total. The number of carbonyl (C=O) groups is 2. The highest BCUT2D eigenvalue weighted by Crippen LogP contribution is 2.22. The molecule has 2 N–H and O–H groups in total. The van der Waals surface area contributed by atoms with Gasteiger partial charge in [0.2, 0.25) is 0 Å². The summed E-state index contributed by atoms with van der Waals surface area (Å²) in [6.07, 6.45) is 1.70. The first-order chi connectivity index (χ1) is 12.0. The van der Waals surface area contributed by atoms with E-state index in [2.05, 4.69) is 15.3 Å².